The van der Waals surface area contributed by atoms with Crippen LogP contribution in [0.4, 0.5) is 17.6 Å². The number of rotatable bonds is 4. The SMILES string of the molecule is CN(C)c1nc(N)nc(C(C#N)C(=O)Nc2ccccc2)n1. The average molecular weight is 297 g/mol. The van der Waals surface area contributed by atoms with Crippen molar-refractivity contribution in [3.8, 4) is 6.07 Å². The molecule has 0 radical (unpaired) electrons. The molecule has 0 bridgehead atoms. The predicted molar refractivity (Wildman–Crippen MR) is 82.0 cm³/mol. The second kappa shape index (κ2) is 6.49. The molecule has 1 aromatic heterocycles. The molecule has 0 saturated heterocycles. The first-order valence-electron chi connectivity index (χ1n) is 6.45. The van der Waals surface area contributed by atoms with E-state index in [2.05, 4.69) is 20.3 Å². The first kappa shape index (κ1) is 15.2. The highest BCUT2D eigenvalue weighted by molar-refractivity contribution is 5.97. The molecule has 0 spiro atoms. The minimum absolute atomic E-state index is 0.0205. The van der Waals surface area contributed by atoms with Crippen molar-refractivity contribution in [1.82, 2.24) is 15.0 Å². The Morgan fingerprint density at radius 1 is 1.27 bits per heavy atom. The monoisotopic (exact) mass is 297 g/mol. The molecule has 0 aliphatic carbocycles. The standard InChI is InChI=1S/C14H15N7O/c1-21(2)14-19-11(18-13(16)20-14)10(8-15)12(22)17-9-6-4-3-5-7-9/h3-7,10H,1-2H3,(H,17,22)(H2,16,18,19,20). The van der Waals surface area contributed by atoms with Crippen molar-refractivity contribution in [1.29, 1.82) is 5.26 Å². The van der Waals surface area contributed by atoms with Gasteiger partial charge in [0.25, 0.3) is 0 Å². The summed E-state index contributed by atoms with van der Waals surface area (Å²) in [5, 5.41) is 11.9. The molecule has 1 aromatic carbocycles. The summed E-state index contributed by atoms with van der Waals surface area (Å²) in [5.41, 5.74) is 6.20. The fourth-order valence-corrected chi connectivity index (χ4v) is 1.70. The third kappa shape index (κ3) is 3.46. The summed E-state index contributed by atoms with van der Waals surface area (Å²) in [5.74, 6) is -1.43. The van der Waals surface area contributed by atoms with Crippen LogP contribution in [0, 0.1) is 11.3 Å². The number of anilines is 3. The van der Waals surface area contributed by atoms with Crippen molar-refractivity contribution < 1.29 is 4.79 Å². The number of aromatic nitrogens is 3. The number of carbonyl (C=O) groups is 1. The maximum atomic E-state index is 12.2. The van der Waals surface area contributed by atoms with Gasteiger partial charge in [-0.25, -0.2) is 0 Å². The number of nitrogens with zero attached hydrogens (tertiary/aromatic N) is 5. The third-order valence-electron chi connectivity index (χ3n) is 2.75. The molecule has 0 aliphatic heterocycles. The highest BCUT2D eigenvalue weighted by Crippen LogP contribution is 2.17. The number of nitrogens with two attached hydrogens (primary N) is 1. The van der Waals surface area contributed by atoms with Crippen molar-refractivity contribution in [3.05, 3.63) is 36.2 Å². The van der Waals surface area contributed by atoms with Crippen LogP contribution in [0.5, 0.6) is 0 Å². The Hall–Kier alpha value is -3.21. The number of hydrogen-bond donors (Lipinski definition) is 2. The fourth-order valence-electron chi connectivity index (χ4n) is 1.70. The minimum atomic E-state index is -1.18. The van der Waals surface area contributed by atoms with Gasteiger partial charge in [0.1, 0.15) is 0 Å². The largest absolute Gasteiger partial charge is 0.368 e. The Morgan fingerprint density at radius 2 is 1.95 bits per heavy atom. The van der Waals surface area contributed by atoms with Gasteiger partial charge < -0.3 is 16.0 Å². The van der Waals surface area contributed by atoms with Crippen LogP contribution in [0.1, 0.15) is 11.7 Å². The van der Waals surface area contributed by atoms with Crippen molar-refractivity contribution in [3.63, 3.8) is 0 Å². The third-order valence-corrected chi connectivity index (χ3v) is 2.75. The molecule has 0 saturated carbocycles. The van der Waals surface area contributed by atoms with Gasteiger partial charge >= 0.3 is 0 Å². The molecule has 22 heavy (non-hydrogen) atoms. The molecule has 2 aromatic rings. The lowest BCUT2D eigenvalue weighted by molar-refractivity contribution is -0.116. The van der Waals surface area contributed by atoms with Gasteiger partial charge in [-0.3, -0.25) is 4.79 Å². The second-order valence-electron chi connectivity index (χ2n) is 4.66. The van der Waals surface area contributed by atoms with E-state index in [1.807, 2.05) is 12.1 Å². The number of nitrogens with one attached hydrogen (secondary N) is 1. The van der Waals surface area contributed by atoms with E-state index in [0.29, 0.717) is 5.69 Å². The molecule has 8 heteroatoms. The summed E-state index contributed by atoms with van der Waals surface area (Å²) in [6.45, 7) is 0. The van der Waals surface area contributed by atoms with Gasteiger partial charge in [0.05, 0.1) is 6.07 Å². The van der Waals surface area contributed by atoms with E-state index in [9.17, 15) is 10.1 Å². The molecule has 1 unspecified atom stereocenters. The lowest BCUT2D eigenvalue weighted by Gasteiger charge is -2.13. The highest BCUT2D eigenvalue weighted by Gasteiger charge is 2.25. The Morgan fingerprint density at radius 3 is 2.55 bits per heavy atom. The quantitative estimate of drug-likeness (QED) is 0.854. The number of amides is 1. The van der Waals surface area contributed by atoms with Crippen LogP contribution in [-0.4, -0.2) is 35.0 Å². The summed E-state index contributed by atoms with van der Waals surface area (Å²) in [4.78, 5) is 25.8. The summed E-state index contributed by atoms with van der Waals surface area (Å²) >= 11 is 0. The van der Waals surface area contributed by atoms with E-state index in [4.69, 9.17) is 5.73 Å². The zero-order valence-electron chi connectivity index (χ0n) is 12.2. The normalized spacial score (nSPS) is 11.3. The van der Waals surface area contributed by atoms with E-state index in [-0.39, 0.29) is 17.7 Å². The van der Waals surface area contributed by atoms with E-state index < -0.39 is 11.8 Å². The van der Waals surface area contributed by atoms with Gasteiger partial charge in [-0.15, -0.1) is 0 Å². The maximum Gasteiger partial charge on any atom is 0.249 e. The Bertz CT molecular complexity index is 709. The van der Waals surface area contributed by atoms with E-state index in [0.717, 1.165) is 0 Å². The lowest BCUT2D eigenvalue weighted by Crippen LogP contribution is -2.24. The van der Waals surface area contributed by atoms with Crippen molar-refractivity contribution in [2.45, 2.75) is 5.92 Å². The van der Waals surface area contributed by atoms with Crippen LogP contribution in [0.25, 0.3) is 0 Å². The van der Waals surface area contributed by atoms with E-state index in [1.165, 1.54) is 0 Å². The van der Waals surface area contributed by atoms with Gasteiger partial charge in [0.2, 0.25) is 17.8 Å². The summed E-state index contributed by atoms with van der Waals surface area (Å²) in [7, 11) is 3.45. The van der Waals surface area contributed by atoms with Crippen LogP contribution in [0.3, 0.4) is 0 Å². The molecular formula is C14H15N7O. The second-order valence-corrected chi connectivity index (χ2v) is 4.66. The maximum absolute atomic E-state index is 12.2. The molecule has 2 rings (SSSR count). The number of para-hydroxylation sites is 1. The first-order valence-corrected chi connectivity index (χ1v) is 6.45. The van der Waals surface area contributed by atoms with E-state index >= 15 is 0 Å². The summed E-state index contributed by atoms with van der Waals surface area (Å²) in [6.07, 6.45) is 0. The molecule has 8 nitrogen and oxygen atoms in total. The Labute approximate surface area is 127 Å². The smallest absolute Gasteiger partial charge is 0.249 e. The van der Waals surface area contributed by atoms with Crippen LogP contribution in [0.2, 0.25) is 0 Å². The molecular weight excluding hydrogens is 282 g/mol. The molecule has 0 fully saturated rings. The lowest BCUT2D eigenvalue weighted by atomic mass is 10.1. The van der Waals surface area contributed by atoms with Crippen molar-refractivity contribution >= 4 is 23.5 Å². The Balaban J connectivity index is 2.28. The summed E-state index contributed by atoms with van der Waals surface area (Å²) < 4.78 is 0. The van der Waals surface area contributed by atoms with Crippen LogP contribution >= 0.6 is 0 Å². The van der Waals surface area contributed by atoms with Crippen molar-refractivity contribution in [2.75, 3.05) is 30.0 Å². The number of benzene rings is 1. The van der Waals surface area contributed by atoms with Crippen LogP contribution in [-0.2, 0) is 4.79 Å². The zero-order valence-corrected chi connectivity index (χ0v) is 12.2. The van der Waals surface area contributed by atoms with Gasteiger partial charge in [0.15, 0.2) is 11.7 Å². The Kier molecular flexibility index (Phi) is 4.48. The number of carbonyl (C=O) groups excluding carboxylic acids is 1. The molecule has 3 N–H and O–H groups in total. The predicted octanol–water partition coefficient (Wildman–Crippen LogP) is 0.766. The topological polar surface area (TPSA) is 121 Å². The van der Waals surface area contributed by atoms with Crippen LogP contribution in [0.15, 0.2) is 30.3 Å². The zero-order chi connectivity index (χ0) is 16.1. The van der Waals surface area contributed by atoms with Crippen LogP contribution < -0.4 is 16.0 Å². The molecule has 112 valence electrons. The summed E-state index contributed by atoms with van der Waals surface area (Å²) in [6, 6.07) is 10.7. The molecule has 1 atom stereocenters. The number of nitrogen functional groups attached to an aromatic ring is 1. The van der Waals surface area contributed by atoms with Crippen molar-refractivity contribution in [2.24, 2.45) is 0 Å². The highest BCUT2D eigenvalue weighted by atomic mass is 16.1. The number of nitriles is 1. The van der Waals surface area contributed by atoms with Gasteiger partial charge in [-0.05, 0) is 12.1 Å². The van der Waals surface area contributed by atoms with E-state index in [1.54, 1.807) is 43.3 Å². The number of hydrogen-bond acceptors (Lipinski definition) is 7. The first-order chi connectivity index (χ1) is 10.5. The molecule has 1 amide bonds. The average Bonchev–Trinajstić information content (AvgIpc) is 2.48. The van der Waals surface area contributed by atoms with Gasteiger partial charge in [-0.1, -0.05) is 18.2 Å². The molecule has 0 aliphatic rings. The molecule has 1 heterocycles. The van der Waals surface area contributed by atoms with Gasteiger partial charge in [0, 0.05) is 19.8 Å². The fraction of sp³-hybridized carbons (Fsp3) is 0.214. The van der Waals surface area contributed by atoms with Gasteiger partial charge in [-0.2, -0.15) is 20.2 Å². The minimum Gasteiger partial charge on any atom is -0.368 e.